The number of anilines is 1. The van der Waals surface area contributed by atoms with Crippen LogP contribution in [0.2, 0.25) is 0 Å². The molecule has 4 rings (SSSR count). The van der Waals surface area contributed by atoms with E-state index in [9.17, 15) is 4.79 Å². The number of hydrogen-bond acceptors (Lipinski definition) is 7. The summed E-state index contributed by atoms with van der Waals surface area (Å²) in [6, 6.07) is 11.1. The van der Waals surface area contributed by atoms with E-state index in [1.54, 1.807) is 19.2 Å². The van der Waals surface area contributed by atoms with Crippen molar-refractivity contribution in [1.82, 2.24) is 10.4 Å². The number of ether oxygens (including phenoxy) is 3. The van der Waals surface area contributed by atoms with E-state index in [4.69, 9.17) is 14.2 Å². The summed E-state index contributed by atoms with van der Waals surface area (Å²) in [4.78, 5) is 16.9. The molecule has 0 saturated heterocycles. The Morgan fingerprint density at radius 3 is 2.88 bits per heavy atom. The van der Waals surface area contributed by atoms with Gasteiger partial charge in [-0.15, -0.1) is 0 Å². The summed E-state index contributed by atoms with van der Waals surface area (Å²) in [5.74, 6) is 1.56. The third-order valence-corrected chi connectivity index (χ3v) is 5.12. The molecule has 1 amide bonds. The minimum absolute atomic E-state index is 0.150. The van der Waals surface area contributed by atoms with Crippen LogP contribution in [0.15, 0.2) is 36.4 Å². The summed E-state index contributed by atoms with van der Waals surface area (Å²) in [5.41, 5.74) is 7.34. The summed E-state index contributed by atoms with van der Waals surface area (Å²) in [5, 5.41) is 0.568. The summed E-state index contributed by atoms with van der Waals surface area (Å²) < 4.78 is 17.6. The predicted octanol–water partition coefficient (Wildman–Crippen LogP) is 2.90. The number of fused-ring (bicyclic) bond motifs is 2. The highest BCUT2D eigenvalue weighted by molar-refractivity contribution is 7.22. The SMILES string of the molecule is COc1ccc(C)c2sc(NNC(=O)[C@H]3COc4ccccc4O3)nc12. The second-order valence-corrected chi connectivity index (χ2v) is 6.76. The number of carbonyl (C=O) groups is 1. The van der Waals surface area contributed by atoms with Crippen molar-refractivity contribution in [1.29, 1.82) is 0 Å². The summed E-state index contributed by atoms with van der Waals surface area (Å²) in [6.07, 6.45) is -0.733. The van der Waals surface area contributed by atoms with Crippen molar-refractivity contribution in [3.63, 3.8) is 0 Å². The summed E-state index contributed by atoms with van der Waals surface area (Å²) in [7, 11) is 1.61. The van der Waals surface area contributed by atoms with Crippen molar-refractivity contribution in [2.45, 2.75) is 13.0 Å². The molecule has 8 heteroatoms. The zero-order valence-electron chi connectivity index (χ0n) is 14.2. The molecule has 26 heavy (non-hydrogen) atoms. The van der Waals surface area contributed by atoms with Crippen LogP contribution < -0.4 is 25.1 Å². The molecule has 0 fully saturated rings. The molecular formula is C18H17N3O4S. The number of aryl methyl sites for hydroxylation is 1. The van der Waals surface area contributed by atoms with E-state index in [1.807, 2.05) is 31.2 Å². The van der Waals surface area contributed by atoms with Gasteiger partial charge in [-0.25, -0.2) is 4.98 Å². The number of hydrogen-bond donors (Lipinski definition) is 2. The lowest BCUT2D eigenvalue weighted by Gasteiger charge is -2.25. The molecular weight excluding hydrogens is 354 g/mol. The van der Waals surface area contributed by atoms with Crippen LogP contribution in [0.1, 0.15) is 5.56 Å². The number of benzene rings is 2. The van der Waals surface area contributed by atoms with Gasteiger partial charge in [-0.05, 0) is 30.7 Å². The third-order valence-electron chi connectivity index (χ3n) is 4.02. The zero-order valence-corrected chi connectivity index (χ0v) is 15.1. The van der Waals surface area contributed by atoms with Crippen LogP contribution in [0.4, 0.5) is 5.13 Å². The van der Waals surface area contributed by atoms with E-state index < -0.39 is 6.10 Å². The van der Waals surface area contributed by atoms with Gasteiger partial charge in [0.1, 0.15) is 17.9 Å². The number of para-hydroxylation sites is 2. The van der Waals surface area contributed by atoms with Gasteiger partial charge in [0.05, 0.1) is 11.8 Å². The molecule has 1 aromatic heterocycles. The van der Waals surface area contributed by atoms with E-state index in [2.05, 4.69) is 15.8 Å². The monoisotopic (exact) mass is 371 g/mol. The van der Waals surface area contributed by atoms with Gasteiger partial charge in [0.15, 0.2) is 11.5 Å². The van der Waals surface area contributed by atoms with Gasteiger partial charge in [0.2, 0.25) is 11.2 Å². The molecule has 0 bridgehead atoms. The van der Waals surface area contributed by atoms with Crippen LogP contribution in [0.3, 0.4) is 0 Å². The number of amides is 1. The van der Waals surface area contributed by atoms with Crippen molar-refractivity contribution in [2.24, 2.45) is 0 Å². The van der Waals surface area contributed by atoms with Gasteiger partial charge in [-0.2, -0.15) is 0 Å². The molecule has 134 valence electrons. The maximum Gasteiger partial charge on any atom is 0.283 e. The fourth-order valence-corrected chi connectivity index (χ4v) is 3.58. The molecule has 0 spiro atoms. The average molecular weight is 371 g/mol. The Morgan fingerprint density at radius 2 is 2.08 bits per heavy atom. The van der Waals surface area contributed by atoms with Gasteiger partial charge >= 0.3 is 0 Å². The van der Waals surface area contributed by atoms with Crippen LogP contribution in [0, 0.1) is 6.92 Å². The number of nitrogens with one attached hydrogen (secondary N) is 2. The molecule has 2 heterocycles. The van der Waals surface area contributed by atoms with E-state index >= 15 is 0 Å². The van der Waals surface area contributed by atoms with Gasteiger partial charge in [-0.1, -0.05) is 29.5 Å². The molecule has 3 aromatic rings. The Kier molecular flexibility index (Phi) is 4.26. The van der Waals surface area contributed by atoms with Crippen LogP contribution in [-0.2, 0) is 4.79 Å². The highest BCUT2D eigenvalue weighted by Crippen LogP contribution is 2.34. The van der Waals surface area contributed by atoms with Gasteiger partial charge in [-0.3, -0.25) is 15.6 Å². The van der Waals surface area contributed by atoms with Crippen LogP contribution >= 0.6 is 11.3 Å². The van der Waals surface area contributed by atoms with E-state index in [0.29, 0.717) is 22.4 Å². The van der Waals surface area contributed by atoms with Crippen molar-refractivity contribution in [3.8, 4) is 17.2 Å². The van der Waals surface area contributed by atoms with Gasteiger partial charge < -0.3 is 14.2 Å². The normalized spacial score (nSPS) is 15.5. The molecule has 0 saturated carbocycles. The van der Waals surface area contributed by atoms with E-state index in [1.165, 1.54) is 11.3 Å². The molecule has 1 aliphatic rings. The van der Waals surface area contributed by atoms with Crippen LogP contribution in [-0.4, -0.2) is 30.7 Å². The Hall–Kier alpha value is -3.00. The maximum absolute atomic E-state index is 12.4. The molecule has 1 atom stereocenters. The number of nitrogens with zero attached hydrogens (tertiary/aromatic N) is 1. The number of rotatable bonds is 4. The van der Waals surface area contributed by atoms with Crippen LogP contribution in [0.5, 0.6) is 17.2 Å². The second kappa shape index (κ2) is 6.72. The molecule has 7 nitrogen and oxygen atoms in total. The lowest BCUT2D eigenvalue weighted by Crippen LogP contribution is -2.45. The molecule has 0 radical (unpaired) electrons. The third kappa shape index (κ3) is 2.99. The second-order valence-electron chi connectivity index (χ2n) is 5.76. The Morgan fingerprint density at radius 1 is 1.27 bits per heavy atom. The van der Waals surface area contributed by atoms with E-state index in [0.717, 1.165) is 15.8 Å². The number of thiazole rings is 1. The van der Waals surface area contributed by atoms with Crippen LogP contribution in [0.25, 0.3) is 10.2 Å². The lowest BCUT2D eigenvalue weighted by molar-refractivity contribution is -0.129. The number of methoxy groups -OCH3 is 1. The number of carbonyl (C=O) groups excluding carboxylic acids is 1. The minimum Gasteiger partial charge on any atom is -0.494 e. The summed E-state index contributed by atoms with van der Waals surface area (Å²) >= 11 is 1.44. The maximum atomic E-state index is 12.4. The minimum atomic E-state index is -0.733. The number of hydrazine groups is 1. The summed E-state index contributed by atoms with van der Waals surface area (Å²) in [6.45, 7) is 2.16. The first-order valence-electron chi connectivity index (χ1n) is 8.04. The van der Waals surface area contributed by atoms with Crippen molar-refractivity contribution >= 4 is 32.6 Å². The first-order valence-corrected chi connectivity index (χ1v) is 8.86. The molecule has 0 aliphatic carbocycles. The average Bonchev–Trinajstić information content (AvgIpc) is 3.11. The zero-order chi connectivity index (χ0) is 18.1. The number of aromatic nitrogens is 1. The van der Waals surface area contributed by atoms with Gasteiger partial charge in [0, 0.05) is 0 Å². The topological polar surface area (TPSA) is 81.7 Å². The first kappa shape index (κ1) is 16.5. The largest absolute Gasteiger partial charge is 0.494 e. The molecule has 2 aromatic carbocycles. The Balaban J connectivity index is 1.45. The lowest BCUT2D eigenvalue weighted by atomic mass is 10.2. The standard InChI is InChI=1S/C18H17N3O4S/c1-10-7-8-13(23-2)15-16(10)26-18(19-15)21-20-17(22)14-9-24-11-5-3-4-6-12(11)25-14/h3-8,14H,9H2,1-2H3,(H,19,21)(H,20,22)/t14-/m1/s1. The fourth-order valence-electron chi connectivity index (χ4n) is 2.67. The first-order chi connectivity index (χ1) is 12.7. The van der Waals surface area contributed by atoms with Crippen molar-refractivity contribution in [3.05, 3.63) is 42.0 Å². The highest BCUT2D eigenvalue weighted by Gasteiger charge is 2.27. The molecule has 1 aliphatic heterocycles. The predicted molar refractivity (Wildman–Crippen MR) is 99.0 cm³/mol. The van der Waals surface area contributed by atoms with E-state index in [-0.39, 0.29) is 12.5 Å². The molecule has 0 unspecified atom stereocenters. The quantitative estimate of drug-likeness (QED) is 0.687. The highest BCUT2D eigenvalue weighted by atomic mass is 32.1. The van der Waals surface area contributed by atoms with Gasteiger partial charge in [0.25, 0.3) is 5.91 Å². The van der Waals surface area contributed by atoms with Crippen molar-refractivity contribution in [2.75, 3.05) is 19.1 Å². The fraction of sp³-hybridized carbons (Fsp3) is 0.222. The Labute approximate surface area is 153 Å². The smallest absolute Gasteiger partial charge is 0.283 e. The van der Waals surface area contributed by atoms with Crippen molar-refractivity contribution < 1.29 is 19.0 Å². The Bertz CT molecular complexity index is 972. The molecule has 2 N–H and O–H groups in total.